The van der Waals surface area contributed by atoms with E-state index >= 15 is 0 Å². The largest absolute Gasteiger partial charge is 2.00 e. The van der Waals surface area contributed by atoms with Gasteiger partial charge in [-0.2, -0.15) is 36.6 Å². The first-order valence-electron chi connectivity index (χ1n) is 9.89. The van der Waals surface area contributed by atoms with Crippen molar-refractivity contribution in [2.24, 2.45) is 0 Å². The number of pyridine rings is 1. The third kappa shape index (κ3) is 7.24. The molecule has 33 heavy (non-hydrogen) atoms. The minimum absolute atomic E-state index is 0. The van der Waals surface area contributed by atoms with E-state index in [0.29, 0.717) is 17.2 Å². The molecule has 0 saturated carbocycles. The normalized spacial score (nSPS) is 9.70. The summed E-state index contributed by atoms with van der Waals surface area (Å²) < 4.78 is 0. The van der Waals surface area contributed by atoms with E-state index < -0.39 is 0 Å². The molecule has 0 aliphatic heterocycles. The van der Waals surface area contributed by atoms with Gasteiger partial charge in [0, 0.05) is 35.5 Å². The Bertz CT molecular complexity index is 1200. The van der Waals surface area contributed by atoms with Crippen LogP contribution in [-0.4, -0.2) is 27.1 Å². The number of benzene rings is 2. The van der Waals surface area contributed by atoms with Crippen molar-refractivity contribution in [3.8, 4) is 11.3 Å². The zero-order chi connectivity index (χ0) is 22.9. The Morgan fingerprint density at radius 3 is 2.48 bits per heavy atom. The molecule has 4 rings (SSSR count). The monoisotopic (exact) mass is 625 g/mol. The number of nitrogens with zero attached hydrogens (tertiary/aromatic N) is 3. The first-order valence-corrected chi connectivity index (χ1v) is 10.7. The number of hydrogen-bond acceptors (Lipinski definition) is 6. The molecule has 2 heterocycles. The smallest absolute Gasteiger partial charge is 0.796 e. The molecule has 0 spiro atoms. The Labute approximate surface area is 214 Å². The number of rotatable bonds is 5. The molecule has 0 bridgehead atoms. The summed E-state index contributed by atoms with van der Waals surface area (Å²) in [7, 11) is 0. The fourth-order valence-corrected chi connectivity index (χ4v) is 2.97. The molecule has 0 unspecified atom stereocenters. The zero-order valence-corrected chi connectivity index (χ0v) is 22.2. The van der Waals surface area contributed by atoms with Crippen molar-refractivity contribution in [3.05, 3.63) is 95.9 Å². The molecule has 0 saturated heterocycles. The molecular weight excluding hydrogens is 602 g/mol. The Kier molecular flexibility index (Phi) is 10.2. The average Bonchev–Trinajstić information content (AvgIpc) is 2.83. The van der Waals surface area contributed by atoms with Crippen LogP contribution in [0.15, 0.2) is 73.2 Å². The molecule has 0 radical (unpaired) electrons. The SMILES string of the molecule is C[S-].Cc1cncc(-c2ccnc(Nc3cc(NC(=O)c4cc[c-]cc4)ccc3C)n2)c1.[W+2]. The molecule has 0 fully saturated rings. The number of hydrogen-bond donors (Lipinski definition) is 2. The van der Waals surface area contributed by atoms with Gasteiger partial charge in [0.25, 0.3) is 0 Å². The van der Waals surface area contributed by atoms with E-state index in [1.807, 2.05) is 44.2 Å². The van der Waals surface area contributed by atoms with E-state index in [1.165, 1.54) is 0 Å². The summed E-state index contributed by atoms with van der Waals surface area (Å²) in [6, 6.07) is 19.3. The van der Waals surface area contributed by atoms with Crippen molar-refractivity contribution in [1.29, 1.82) is 0 Å². The third-order valence-corrected chi connectivity index (χ3v) is 4.55. The second-order valence-electron chi connectivity index (χ2n) is 6.91. The number of nitrogens with one attached hydrogen (secondary N) is 2. The fraction of sp³-hybridized carbons (Fsp3) is 0.120. The van der Waals surface area contributed by atoms with Crippen LogP contribution in [0.25, 0.3) is 11.3 Å². The summed E-state index contributed by atoms with van der Waals surface area (Å²) in [6.45, 7) is 3.98. The van der Waals surface area contributed by atoms with Crippen molar-refractivity contribution >= 4 is 35.9 Å². The summed E-state index contributed by atoms with van der Waals surface area (Å²) in [6.07, 6.45) is 6.88. The summed E-state index contributed by atoms with van der Waals surface area (Å²) in [5, 5.41) is 6.16. The zero-order valence-electron chi connectivity index (χ0n) is 18.5. The van der Waals surface area contributed by atoms with Crippen LogP contribution in [0, 0.1) is 19.9 Å². The molecule has 2 aromatic carbocycles. The van der Waals surface area contributed by atoms with Crippen LogP contribution in [0.2, 0.25) is 0 Å². The first kappa shape index (κ1) is 26.2. The molecule has 166 valence electrons. The van der Waals surface area contributed by atoms with Gasteiger partial charge in [-0.05, 0) is 49.2 Å². The minimum Gasteiger partial charge on any atom is -0.796 e. The molecule has 4 aromatic rings. The van der Waals surface area contributed by atoms with Gasteiger partial charge in [-0.15, -0.1) is 0 Å². The predicted octanol–water partition coefficient (Wildman–Crippen LogP) is 5.11. The molecule has 8 heteroatoms. The van der Waals surface area contributed by atoms with Crippen LogP contribution in [0.1, 0.15) is 21.5 Å². The Morgan fingerprint density at radius 2 is 1.76 bits per heavy atom. The van der Waals surface area contributed by atoms with Crippen molar-refractivity contribution in [1.82, 2.24) is 15.0 Å². The average molecular weight is 625 g/mol. The van der Waals surface area contributed by atoms with Gasteiger partial charge in [0.05, 0.1) is 5.69 Å². The second kappa shape index (κ2) is 12.9. The standard InChI is InChI=1S/C24H20N5O.CH4S.W/c1-16-12-19(15-25-14-16)21-10-11-26-24(28-21)29-22-13-20(9-8-17(22)2)27-23(30)18-6-4-3-5-7-18;1-2;/h4-15H,1-2H3,(H,27,30)(H,26,28,29);2H,1H3;/q-1;;+2/p-1. The summed E-state index contributed by atoms with van der Waals surface area (Å²) in [4.78, 5) is 25.6. The van der Waals surface area contributed by atoms with Gasteiger partial charge in [-0.3, -0.25) is 9.78 Å². The maximum absolute atomic E-state index is 12.4. The molecule has 0 aliphatic carbocycles. The van der Waals surface area contributed by atoms with Gasteiger partial charge in [0.2, 0.25) is 11.9 Å². The molecule has 0 atom stereocenters. The number of carbonyl (C=O) groups excluding carboxylic acids is 1. The summed E-state index contributed by atoms with van der Waals surface area (Å²) in [5.41, 5.74) is 5.86. The second-order valence-corrected chi connectivity index (χ2v) is 6.91. The van der Waals surface area contributed by atoms with Gasteiger partial charge in [-0.1, -0.05) is 11.6 Å². The Balaban J connectivity index is 0.00000125. The van der Waals surface area contributed by atoms with Gasteiger partial charge in [0.15, 0.2) is 0 Å². The van der Waals surface area contributed by atoms with E-state index in [0.717, 1.165) is 28.1 Å². The molecule has 1 amide bonds. The van der Waals surface area contributed by atoms with Crippen LogP contribution in [0.4, 0.5) is 17.3 Å². The first-order chi connectivity index (χ1) is 15.6. The van der Waals surface area contributed by atoms with Gasteiger partial charge in [-0.25, -0.2) is 9.97 Å². The number of carbonyl (C=O) groups is 1. The summed E-state index contributed by atoms with van der Waals surface area (Å²) in [5.74, 6) is 0.295. The topological polar surface area (TPSA) is 79.8 Å². The van der Waals surface area contributed by atoms with Crippen molar-refractivity contribution in [2.75, 3.05) is 16.9 Å². The minimum atomic E-state index is -0.177. The molecule has 2 aromatic heterocycles. The van der Waals surface area contributed by atoms with Gasteiger partial charge >= 0.3 is 21.1 Å². The van der Waals surface area contributed by atoms with E-state index in [-0.39, 0.29) is 27.0 Å². The maximum atomic E-state index is 12.4. The van der Waals surface area contributed by atoms with Crippen molar-refractivity contribution in [2.45, 2.75) is 13.8 Å². The molecule has 2 N–H and O–H groups in total. The number of aryl methyl sites for hydroxylation is 2. The number of anilines is 3. The number of amides is 1. The predicted molar refractivity (Wildman–Crippen MR) is 131 cm³/mol. The third-order valence-electron chi connectivity index (χ3n) is 4.55. The van der Waals surface area contributed by atoms with Crippen molar-refractivity contribution < 1.29 is 25.9 Å². The van der Waals surface area contributed by atoms with Crippen LogP contribution in [-0.2, 0) is 33.7 Å². The van der Waals surface area contributed by atoms with Crippen LogP contribution < -0.4 is 10.6 Å². The molecular formula is C25H23N5OSW. The van der Waals surface area contributed by atoms with Crippen molar-refractivity contribution in [3.63, 3.8) is 0 Å². The van der Waals surface area contributed by atoms with E-state index in [1.54, 1.807) is 49.1 Å². The van der Waals surface area contributed by atoms with Gasteiger partial charge in [0.1, 0.15) is 0 Å². The van der Waals surface area contributed by atoms with E-state index in [9.17, 15) is 4.79 Å². The van der Waals surface area contributed by atoms with Gasteiger partial charge < -0.3 is 23.3 Å². The maximum Gasteiger partial charge on any atom is 2.00 e. The quantitative estimate of drug-likeness (QED) is 0.237. The Hall–Kier alpha value is -3.02. The Morgan fingerprint density at radius 1 is 1.00 bits per heavy atom. The van der Waals surface area contributed by atoms with Crippen LogP contribution >= 0.6 is 0 Å². The fourth-order valence-electron chi connectivity index (χ4n) is 2.97. The molecule has 6 nitrogen and oxygen atoms in total. The summed E-state index contributed by atoms with van der Waals surface area (Å²) >= 11 is 4.08. The van der Waals surface area contributed by atoms with Crippen LogP contribution in [0.5, 0.6) is 0 Å². The van der Waals surface area contributed by atoms with E-state index in [2.05, 4.69) is 44.3 Å². The number of aromatic nitrogens is 3. The van der Waals surface area contributed by atoms with E-state index in [4.69, 9.17) is 0 Å². The van der Waals surface area contributed by atoms with Crippen LogP contribution in [0.3, 0.4) is 0 Å². The molecule has 0 aliphatic rings.